The number of sulfonamides is 1. The molecule has 0 saturated carbocycles. The predicted octanol–water partition coefficient (Wildman–Crippen LogP) is 1.60. The lowest BCUT2D eigenvalue weighted by molar-refractivity contribution is 0.0979. The number of benzene rings is 1. The van der Waals surface area contributed by atoms with E-state index in [0.717, 1.165) is 18.4 Å². The molecule has 0 radical (unpaired) electrons. The first kappa shape index (κ1) is 15.7. The van der Waals surface area contributed by atoms with E-state index in [1.54, 1.807) is 19.2 Å². The summed E-state index contributed by atoms with van der Waals surface area (Å²) in [4.78, 5) is 0.108. The molecule has 1 aromatic carbocycles. The van der Waals surface area contributed by atoms with Gasteiger partial charge in [-0.15, -0.1) is 0 Å². The Kier molecular flexibility index (Phi) is 5.04. The average Bonchev–Trinajstić information content (AvgIpc) is 2.91. The second-order valence-corrected chi connectivity index (χ2v) is 7.31. The van der Waals surface area contributed by atoms with Crippen molar-refractivity contribution in [3.05, 3.63) is 28.8 Å². The van der Waals surface area contributed by atoms with Crippen molar-refractivity contribution >= 4 is 21.6 Å². The number of likely N-dealkylation sites (N-methyl/N-ethyl adjacent to an activating group) is 1. The molecule has 0 aromatic heterocycles. The molecule has 1 saturated heterocycles. The van der Waals surface area contributed by atoms with Gasteiger partial charge in [0.15, 0.2) is 0 Å². The molecule has 20 heavy (non-hydrogen) atoms. The van der Waals surface area contributed by atoms with Gasteiger partial charge in [-0.1, -0.05) is 17.7 Å². The molecule has 1 aliphatic rings. The van der Waals surface area contributed by atoms with E-state index >= 15 is 0 Å². The quantitative estimate of drug-likeness (QED) is 0.895. The van der Waals surface area contributed by atoms with Gasteiger partial charge in [0, 0.05) is 26.7 Å². The van der Waals surface area contributed by atoms with Crippen molar-refractivity contribution in [2.75, 3.05) is 20.2 Å². The van der Waals surface area contributed by atoms with E-state index in [2.05, 4.69) is 0 Å². The molecule has 0 bridgehead atoms. The van der Waals surface area contributed by atoms with Crippen LogP contribution in [0.3, 0.4) is 0 Å². The van der Waals surface area contributed by atoms with E-state index in [1.807, 2.05) is 0 Å². The van der Waals surface area contributed by atoms with Gasteiger partial charge in [-0.3, -0.25) is 0 Å². The number of rotatable bonds is 5. The summed E-state index contributed by atoms with van der Waals surface area (Å²) in [7, 11) is -2.06. The van der Waals surface area contributed by atoms with E-state index in [0.29, 0.717) is 19.7 Å². The minimum atomic E-state index is -3.60. The fourth-order valence-corrected chi connectivity index (χ4v) is 3.96. The number of nitrogens with two attached hydrogens (primary N) is 1. The van der Waals surface area contributed by atoms with Crippen LogP contribution in [0.25, 0.3) is 0 Å². The summed E-state index contributed by atoms with van der Waals surface area (Å²) in [6.07, 6.45) is 1.83. The third-order valence-electron chi connectivity index (χ3n) is 3.40. The Hall–Kier alpha value is -0.660. The molecule has 0 spiro atoms. The van der Waals surface area contributed by atoms with Crippen molar-refractivity contribution in [2.45, 2.75) is 30.4 Å². The van der Waals surface area contributed by atoms with Gasteiger partial charge in [0.25, 0.3) is 0 Å². The number of ether oxygens (including phenoxy) is 1. The fourth-order valence-electron chi connectivity index (χ4n) is 2.22. The molecule has 7 heteroatoms. The molecule has 1 unspecified atom stereocenters. The summed E-state index contributed by atoms with van der Waals surface area (Å²) in [5, 5.41) is 0.201. The first-order valence-electron chi connectivity index (χ1n) is 6.51. The Morgan fingerprint density at radius 1 is 1.50 bits per heavy atom. The van der Waals surface area contributed by atoms with Gasteiger partial charge < -0.3 is 10.5 Å². The van der Waals surface area contributed by atoms with Crippen molar-refractivity contribution < 1.29 is 13.2 Å². The molecule has 0 aliphatic carbocycles. The van der Waals surface area contributed by atoms with Gasteiger partial charge in [0.05, 0.1) is 11.1 Å². The van der Waals surface area contributed by atoms with Crippen LogP contribution in [0.5, 0.6) is 0 Å². The molecule has 0 amide bonds. The Morgan fingerprint density at radius 3 is 2.80 bits per heavy atom. The van der Waals surface area contributed by atoms with Crippen LogP contribution in [-0.4, -0.2) is 39.0 Å². The normalized spacial score (nSPS) is 19.7. The molecule has 2 rings (SSSR count). The Morgan fingerprint density at radius 2 is 2.25 bits per heavy atom. The molecule has 112 valence electrons. The highest BCUT2D eigenvalue weighted by Crippen LogP contribution is 2.26. The van der Waals surface area contributed by atoms with Crippen LogP contribution in [0.2, 0.25) is 5.02 Å². The molecule has 1 aromatic rings. The lowest BCUT2D eigenvalue weighted by atomic mass is 10.2. The Bertz CT molecular complexity index is 571. The van der Waals surface area contributed by atoms with Gasteiger partial charge in [0.1, 0.15) is 4.90 Å². The Balaban J connectivity index is 2.20. The molecule has 5 nitrogen and oxygen atoms in total. The monoisotopic (exact) mass is 318 g/mol. The second kappa shape index (κ2) is 6.41. The topological polar surface area (TPSA) is 72.6 Å². The molecule has 2 N–H and O–H groups in total. The van der Waals surface area contributed by atoms with E-state index in [4.69, 9.17) is 22.1 Å². The van der Waals surface area contributed by atoms with Gasteiger partial charge in [0.2, 0.25) is 10.0 Å². The van der Waals surface area contributed by atoms with Crippen LogP contribution in [0.1, 0.15) is 18.4 Å². The number of nitrogens with zero attached hydrogens (tertiary/aromatic N) is 1. The predicted molar refractivity (Wildman–Crippen MR) is 78.1 cm³/mol. The van der Waals surface area contributed by atoms with Crippen LogP contribution < -0.4 is 5.73 Å². The summed E-state index contributed by atoms with van der Waals surface area (Å²) in [6, 6.07) is 4.78. The average molecular weight is 319 g/mol. The summed E-state index contributed by atoms with van der Waals surface area (Å²) < 4.78 is 31.8. The summed E-state index contributed by atoms with van der Waals surface area (Å²) in [6.45, 7) is 1.37. The highest BCUT2D eigenvalue weighted by Gasteiger charge is 2.27. The minimum absolute atomic E-state index is 0.0307. The zero-order chi connectivity index (χ0) is 14.8. The van der Waals surface area contributed by atoms with Crippen molar-refractivity contribution in [1.82, 2.24) is 4.31 Å². The molecule has 1 fully saturated rings. The van der Waals surface area contributed by atoms with Gasteiger partial charge in [-0.05, 0) is 30.5 Å². The molecular weight excluding hydrogens is 300 g/mol. The van der Waals surface area contributed by atoms with Crippen molar-refractivity contribution in [3.63, 3.8) is 0 Å². The maximum atomic E-state index is 12.5. The van der Waals surface area contributed by atoms with Gasteiger partial charge in [-0.25, -0.2) is 8.42 Å². The van der Waals surface area contributed by atoms with Crippen molar-refractivity contribution in [2.24, 2.45) is 5.73 Å². The maximum absolute atomic E-state index is 12.5. The van der Waals surface area contributed by atoms with Crippen LogP contribution in [0.15, 0.2) is 23.1 Å². The fraction of sp³-hybridized carbons (Fsp3) is 0.538. The van der Waals surface area contributed by atoms with Crippen LogP contribution in [0.4, 0.5) is 0 Å². The maximum Gasteiger partial charge on any atom is 0.244 e. The smallest absolute Gasteiger partial charge is 0.244 e. The summed E-state index contributed by atoms with van der Waals surface area (Å²) in [5.41, 5.74) is 6.31. The standard InChI is InChI=1S/C13H19ClN2O3S/c1-16(9-11-3-2-6-19-11)20(17,18)13-5-4-10(8-15)7-12(13)14/h4-5,7,11H,2-3,6,8-9,15H2,1H3. The van der Waals surface area contributed by atoms with Crippen molar-refractivity contribution in [3.8, 4) is 0 Å². The molecule has 1 heterocycles. The SMILES string of the molecule is CN(CC1CCCO1)S(=O)(=O)c1ccc(CN)cc1Cl. The number of hydrogen-bond donors (Lipinski definition) is 1. The zero-order valence-electron chi connectivity index (χ0n) is 11.4. The highest BCUT2D eigenvalue weighted by atomic mass is 35.5. The van der Waals surface area contributed by atoms with Gasteiger partial charge in [-0.2, -0.15) is 4.31 Å². The number of halogens is 1. The zero-order valence-corrected chi connectivity index (χ0v) is 13.0. The summed E-state index contributed by atoms with van der Waals surface area (Å²) in [5.74, 6) is 0. The first-order chi connectivity index (χ1) is 9.45. The minimum Gasteiger partial charge on any atom is -0.377 e. The molecule has 1 aliphatic heterocycles. The molecule has 1 atom stereocenters. The Labute approximate surface area is 124 Å². The van der Waals surface area contributed by atoms with E-state index in [9.17, 15) is 8.42 Å². The van der Waals surface area contributed by atoms with E-state index in [-0.39, 0.29) is 16.0 Å². The lowest BCUT2D eigenvalue weighted by Crippen LogP contribution is -2.34. The van der Waals surface area contributed by atoms with E-state index in [1.165, 1.54) is 10.4 Å². The van der Waals surface area contributed by atoms with Crippen LogP contribution in [-0.2, 0) is 21.3 Å². The summed E-state index contributed by atoms with van der Waals surface area (Å²) >= 11 is 6.06. The second-order valence-electron chi connectivity index (χ2n) is 4.89. The van der Waals surface area contributed by atoms with Crippen molar-refractivity contribution in [1.29, 1.82) is 0 Å². The third-order valence-corrected chi connectivity index (χ3v) is 5.71. The largest absolute Gasteiger partial charge is 0.377 e. The molecular formula is C13H19ClN2O3S. The number of hydrogen-bond acceptors (Lipinski definition) is 4. The van der Waals surface area contributed by atoms with Crippen LogP contribution >= 0.6 is 11.6 Å². The van der Waals surface area contributed by atoms with Crippen LogP contribution in [0, 0.1) is 0 Å². The lowest BCUT2D eigenvalue weighted by Gasteiger charge is -2.21. The third kappa shape index (κ3) is 3.32. The van der Waals surface area contributed by atoms with E-state index < -0.39 is 10.0 Å². The highest BCUT2D eigenvalue weighted by molar-refractivity contribution is 7.89. The van der Waals surface area contributed by atoms with Gasteiger partial charge >= 0.3 is 0 Å². The first-order valence-corrected chi connectivity index (χ1v) is 8.33.